The van der Waals surface area contributed by atoms with Crippen LogP contribution in [0.15, 0.2) is 45.4 Å². The van der Waals surface area contributed by atoms with E-state index in [1.807, 2.05) is 0 Å². The zero-order valence-electron chi connectivity index (χ0n) is 12.5. The Balaban J connectivity index is 2.26. The van der Waals surface area contributed by atoms with E-state index in [-0.39, 0.29) is 16.9 Å². The second-order valence-electron chi connectivity index (χ2n) is 5.16. The first kappa shape index (κ1) is 18.3. The van der Waals surface area contributed by atoms with E-state index in [0.717, 1.165) is 16.7 Å². The van der Waals surface area contributed by atoms with E-state index < -0.39 is 43.1 Å². The molecule has 0 fully saturated rings. The first-order chi connectivity index (χ1) is 12.1. The van der Waals surface area contributed by atoms with Crippen LogP contribution in [0.2, 0.25) is 0 Å². The Labute approximate surface area is 148 Å². The lowest BCUT2D eigenvalue weighted by atomic mass is 10.1. The summed E-state index contributed by atoms with van der Waals surface area (Å²) in [7, 11) is -4.65. The molecule has 0 atom stereocenters. The van der Waals surface area contributed by atoms with Gasteiger partial charge in [0.25, 0.3) is 0 Å². The Morgan fingerprint density at radius 1 is 0.923 bits per heavy atom. The predicted molar refractivity (Wildman–Crippen MR) is 86.6 cm³/mol. The van der Waals surface area contributed by atoms with Gasteiger partial charge in [0.1, 0.15) is 23.3 Å². The molecular weight excluding hydrogens is 396 g/mol. The van der Waals surface area contributed by atoms with E-state index in [4.69, 9.17) is 5.14 Å². The van der Waals surface area contributed by atoms with Crippen molar-refractivity contribution >= 4 is 21.4 Å². The molecule has 136 valence electrons. The molecule has 0 bridgehead atoms. The molecule has 0 aliphatic rings. The number of sulfonamides is 1. The minimum atomic E-state index is -4.65. The zero-order chi connectivity index (χ0) is 19.2. The molecule has 1 heterocycles. The van der Waals surface area contributed by atoms with Crippen molar-refractivity contribution in [2.75, 3.05) is 0 Å². The molecule has 0 amide bonds. The minimum Gasteiger partial charge on any atom is -0.267 e. The number of rotatable bonds is 3. The van der Waals surface area contributed by atoms with Crippen LogP contribution in [-0.4, -0.2) is 13.0 Å². The molecule has 0 saturated carbocycles. The van der Waals surface area contributed by atoms with Gasteiger partial charge in [-0.2, -0.15) is 0 Å². The Kier molecular flexibility index (Phi) is 4.46. The maximum atomic E-state index is 14.1. The highest BCUT2D eigenvalue weighted by Crippen LogP contribution is 2.29. The van der Waals surface area contributed by atoms with Crippen LogP contribution < -0.4 is 10.0 Å². The average Bonchev–Trinajstić information content (AvgIpc) is 2.85. The molecule has 0 radical (unpaired) electrons. The van der Waals surface area contributed by atoms with Crippen LogP contribution in [-0.2, 0) is 10.0 Å². The average molecular weight is 404 g/mol. The van der Waals surface area contributed by atoms with E-state index in [9.17, 15) is 30.8 Å². The lowest BCUT2D eigenvalue weighted by Gasteiger charge is -2.10. The lowest BCUT2D eigenvalue weighted by molar-refractivity contribution is 0.520. The molecule has 0 unspecified atom stereocenters. The summed E-state index contributed by atoms with van der Waals surface area (Å²) in [4.78, 5) is 10.1. The fraction of sp³-hybridized carbons (Fsp3) is 0. The number of nitrogens with zero attached hydrogens (tertiary/aromatic N) is 1. The van der Waals surface area contributed by atoms with Crippen LogP contribution in [0, 0.1) is 23.3 Å². The van der Waals surface area contributed by atoms with Gasteiger partial charge in [-0.15, -0.1) is 0 Å². The van der Waals surface area contributed by atoms with Crippen molar-refractivity contribution < 1.29 is 26.0 Å². The Morgan fingerprint density at radius 3 is 1.96 bits per heavy atom. The molecule has 0 aliphatic carbocycles. The van der Waals surface area contributed by atoms with Gasteiger partial charge in [0.2, 0.25) is 10.0 Å². The van der Waals surface area contributed by atoms with Crippen molar-refractivity contribution in [3.05, 3.63) is 68.6 Å². The van der Waals surface area contributed by atoms with Crippen LogP contribution in [0.1, 0.15) is 0 Å². The fourth-order valence-corrected chi connectivity index (χ4v) is 3.82. The van der Waals surface area contributed by atoms with Gasteiger partial charge in [-0.1, -0.05) is 11.3 Å². The fourth-order valence-electron chi connectivity index (χ4n) is 2.40. The SMILES string of the molecule is NS(=O)(=O)c1c(F)cc(-c2csc(=O)n2-c2cc(F)cc(F)c2)cc1F. The molecule has 2 aromatic carbocycles. The van der Waals surface area contributed by atoms with E-state index in [1.165, 1.54) is 5.38 Å². The van der Waals surface area contributed by atoms with Crippen molar-refractivity contribution in [3.8, 4) is 16.9 Å². The first-order valence-electron chi connectivity index (χ1n) is 6.77. The third-order valence-corrected chi connectivity index (χ3v) is 5.06. The van der Waals surface area contributed by atoms with Gasteiger partial charge in [-0.25, -0.2) is 31.1 Å². The molecule has 0 spiro atoms. The summed E-state index contributed by atoms with van der Waals surface area (Å²) in [5.74, 6) is -4.83. The summed E-state index contributed by atoms with van der Waals surface area (Å²) in [5.41, 5.74) is -0.487. The number of nitrogens with two attached hydrogens (primary N) is 1. The normalized spacial score (nSPS) is 11.7. The van der Waals surface area contributed by atoms with Crippen LogP contribution >= 0.6 is 11.3 Å². The Hall–Kier alpha value is -2.50. The van der Waals surface area contributed by atoms with Crippen LogP contribution in [0.25, 0.3) is 16.9 Å². The quantitative estimate of drug-likeness (QED) is 0.682. The third-order valence-electron chi connectivity index (χ3n) is 3.38. The molecule has 0 aliphatic heterocycles. The molecule has 3 rings (SSSR count). The molecule has 0 saturated heterocycles. The molecule has 3 aromatic rings. The van der Waals surface area contributed by atoms with Crippen LogP contribution in [0.5, 0.6) is 0 Å². The predicted octanol–water partition coefficient (Wildman–Crippen LogP) is 2.77. The number of benzene rings is 2. The van der Waals surface area contributed by atoms with E-state index in [0.29, 0.717) is 29.5 Å². The summed E-state index contributed by atoms with van der Waals surface area (Å²) >= 11 is 0.629. The first-order valence-corrected chi connectivity index (χ1v) is 9.20. The third kappa shape index (κ3) is 3.28. The smallest absolute Gasteiger partial charge is 0.267 e. The lowest BCUT2D eigenvalue weighted by Crippen LogP contribution is -2.17. The number of hydrogen-bond donors (Lipinski definition) is 1. The van der Waals surface area contributed by atoms with Crippen LogP contribution in [0.4, 0.5) is 17.6 Å². The highest BCUT2D eigenvalue weighted by molar-refractivity contribution is 7.89. The van der Waals surface area contributed by atoms with Crippen molar-refractivity contribution in [3.63, 3.8) is 0 Å². The molecule has 2 N–H and O–H groups in total. The highest BCUT2D eigenvalue weighted by atomic mass is 32.2. The number of hydrogen-bond acceptors (Lipinski definition) is 4. The Bertz CT molecular complexity index is 1140. The molecular formula is C15H8F4N2O3S2. The van der Waals surface area contributed by atoms with Crippen molar-refractivity contribution in [2.24, 2.45) is 5.14 Å². The van der Waals surface area contributed by atoms with Gasteiger partial charge >= 0.3 is 4.87 Å². The van der Waals surface area contributed by atoms with Gasteiger partial charge in [0.15, 0.2) is 4.90 Å². The monoisotopic (exact) mass is 404 g/mol. The largest absolute Gasteiger partial charge is 0.312 e. The molecule has 1 aromatic heterocycles. The number of aromatic nitrogens is 1. The summed E-state index contributed by atoms with van der Waals surface area (Å²) in [6.07, 6.45) is 0. The summed E-state index contributed by atoms with van der Waals surface area (Å²) in [6.45, 7) is 0. The minimum absolute atomic E-state index is 0.0798. The van der Waals surface area contributed by atoms with E-state index >= 15 is 0 Å². The zero-order valence-corrected chi connectivity index (χ0v) is 14.2. The molecule has 5 nitrogen and oxygen atoms in total. The van der Waals surface area contributed by atoms with Gasteiger partial charge < -0.3 is 0 Å². The summed E-state index contributed by atoms with van der Waals surface area (Å²) < 4.78 is 78.4. The van der Waals surface area contributed by atoms with Gasteiger partial charge in [-0.3, -0.25) is 9.36 Å². The molecule has 26 heavy (non-hydrogen) atoms. The van der Waals surface area contributed by atoms with E-state index in [1.54, 1.807) is 0 Å². The van der Waals surface area contributed by atoms with Crippen molar-refractivity contribution in [1.82, 2.24) is 4.57 Å². The number of primary sulfonamides is 1. The van der Waals surface area contributed by atoms with Gasteiger partial charge in [0, 0.05) is 17.0 Å². The summed E-state index contributed by atoms with van der Waals surface area (Å²) in [5, 5.41) is 5.98. The second kappa shape index (κ2) is 6.34. The van der Waals surface area contributed by atoms with Crippen molar-refractivity contribution in [1.29, 1.82) is 0 Å². The van der Waals surface area contributed by atoms with Gasteiger partial charge in [0.05, 0.1) is 11.4 Å². The maximum Gasteiger partial charge on any atom is 0.312 e. The Morgan fingerprint density at radius 2 is 1.46 bits per heavy atom. The second-order valence-corrected chi connectivity index (χ2v) is 7.48. The van der Waals surface area contributed by atoms with Crippen molar-refractivity contribution in [2.45, 2.75) is 4.90 Å². The van der Waals surface area contributed by atoms with Gasteiger partial charge in [-0.05, 0) is 24.3 Å². The topological polar surface area (TPSA) is 82.2 Å². The molecule has 11 heteroatoms. The standard InChI is InChI=1S/C15H8F4N2O3S2/c16-8-3-9(17)5-10(4-8)21-13(6-25-15(21)22)7-1-11(18)14(12(19)2-7)26(20,23)24/h1-6H,(H2,20,23,24). The highest BCUT2D eigenvalue weighted by Gasteiger charge is 2.23. The number of halogens is 4. The summed E-state index contributed by atoms with van der Waals surface area (Å²) in [6, 6.07) is 3.66. The van der Waals surface area contributed by atoms with Crippen LogP contribution in [0.3, 0.4) is 0 Å². The maximum absolute atomic E-state index is 14.1. The van der Waals surface area contributed by atoms with E-state index in [2.05, 4.69) is 0 Å². The number of thiazole rings is 1.